The van der Waals surface area contributed by atoms with E-state index in [1.807, 2.05) is 7.05 Å². The fourth-order valence-corrected chi connectivity index (χ4v) is 2.43. The number of nitrogens with zero attached hydrogens (tertiary/aromatic N) is 2. The maximum atomic E-state index is 11.0. The lowest BCUT2D eigenvalue weighted by Crippen LogP contribution is -2.31. The highest BCUT2D eigenvalue weighted by molar-refractivity contribution is 5.89. The molecule has 0 aromatic heterocycles. The van der Waals surface area contributed by atoms with Crippen LogP contribution in [0, 0.1) is 10.1 Å². The number of nitro benzene ring substituents is 1. The van der Waals surface area contributed by atoms with E-state index < -0.39 is 10.9 Å². The van der Waals surface area contributed by atoms with Crippen LogP contribution in [0.15, 0.2) is 18.2 Å². The number of anilines is 1. The number of nitro groups is 1. The van der Waals surface area contributed by atoms with E-state index in [0.29, 0.717) is 18.3 Å². The molecule has 1 aromatic rings. The second kappa shape index (κ2) is 5.87. The van der Waals surface area contributed by atoms with Crippen LogP contribution in [0.3, 0.4) is 0 Å². The lowest BCUT2D eigenvalue weighted by molar-refractivity contribution is -0.384. The van der Waals surface area contributed by atoms with Crippen LogP contribution in [-0.2, 0) is 0 Å². The standard InChI is InChI=1S/C13H17N3O4/c1-15-6-2-3-10(15)8-14-11-5-4-9(13(17)18)7-12(11)16(19)20/h4-5,7,10,14H,2-3,6,8H2,1H3,(H,17,18). The minimum absolute atomic E-state index is 0.0831. The molecule has 0 saturated carbocycles. The van der Waals surface area contributed by atoms with Gasteiger partial charge < -0.3 is 15.3 Å². The predicted molar refractivity (Wildman–Crippen MR) is 74.2 cm³/mol. The fourth-order valence-electron chi connectivity index (χ4n) is 2.43. The zero-order chi connectivity index (χ0) is 14.7. The van der Waals surface area contributed by atoms with Gasteiger partial charge in [-0.2, -0.15) is 0 Å². The lowest BCUT2D eigenvalue weighted by Gasteiger charge is -2.20. The number of likely N-dealkylation sites (N-methyl/N-ethyl adjacent to an activating group) is 1. The third-order valence-corrected chi connectivity index (χ3v) is 3.64. The van der Waals surface area contributed by atoms with Crippen LogP contribution in [-0.4, -0.2) is 47.1 Å². The van der Waals surface area contributed by atoms with Crippen LogP contribution in [0.1, 0.15) is 23.2 Å². The largest absolute Gasteiger partial charge is 0.478 e. The third kappa shape index (κ3) is 3.05. The summed E-state index contributed by atoms with van der Waals surface area (Å²) in [6.07, 6.45) is 2.19. The topological polar surface area (TPSA) is 95.7 Å². The highest BCUT2D eigenvalue weighted by atomic mass is 16.6. The Hall–Kier alpha value is -2.15. The van der Waals surface area contributed by atoms with Crippen molar-refractivity contribution in [3.63, 3.8) is 0 Å². The van der Waals surface area contributed by atoms with Crippen molar-refractivity contribution in [2.75, 3.05) is 25.5 Å². The monoisotopic (exact) mass is 279 g/mol. The van der Waals surface area contributed by atoms with Crippen LogP contribution < -0.4 is 5.32 Å². The van der Waals surface area contributed by atoms with Gasteiger partial charge in [0.15, 0.2) is 0 Å². The van der Waals surface area contributed by atoms with Crippen LogP contribution in [0.4, 0.5) is 11.4 Å². The van der Waals surface area contributed by atoms with Crippen LogP contribution >= 0.6 is 0 Å². The van der Waals surface area contributed by atoms with E-state index in [-0.39, 0.29) is 11.3 Å². The molecule has 1 aliphatic rings. The molecule has 7 nitrogen and oxygen atoms in total. The maximum Gasteiger partial charge on any atom is 0.335 e. The van der Waals surface area contributed by atoms with Gasteiger partial charge in [-0.05, 0) is 38.6 Å². The van der Waals surface area contributed by atoms with Gasteiger partial charge in [0.25, 0.3) is 5.69 Å². The molecule has 1 aliphatic heterocycles. The normalized spacial score (nSPS) is 18.9. The zero-order valence-electron chi connectivity index (χ0n) is 11.2. The highest BCUT2D eigenvalue weighted by Crippen LogP contribution is 2.26. The van der Waals surface area contributed by atoms with Gasteiger partial charge in [-0.15, -0.1) is 0 Å². The summed E-state index contributed by atoms with van der Waals surface area (Å²) in [6.45, 7) is 1.65. The Morgan fingerprint density at radius 1 is 1.60 bits per heavy atom. The van der Waals surface area contributed by atoms with Gasteiger partial charge >= 0.3 is 5.97 Å². The van der Waals surface area contributed by atoms with Crippen LogP contribution in [0.25, 0.3) is 0 Å². The molecule has 7 heteroatoms. The van der Waals surface area contributed by atoms with Crippen molar-refractivity contribution in [2.45, 2.75) is 18.9 Å². The number of benzene rings is 1. The molecular weight excluding hydrogens is 262 g/mol. The SMILES string of the molecule is CN1CCCC1CNc1ccc(C(=O)O)cc1[N+](=O)[O-]. The summed E-state index contributed by atoms with van der Waals surface area (Å²) in [5, 5.41) is 22.9. The smallest absolute Gasteiger partial charge is 0.335 e. The van der Waals surface area contributed by atoms with Gasteiger partial charge in [0.2, 0.25) is 0 Å². The number of hydrogen-bond acceptors (Lipinski definition) is 5. The molecule has 1 fully saturated rings. The molecule has 0 amide bonds. The Kier molecular flexibility index (Phi) is 4.19. The van der Waals surface area contributed by atoms with E-state index in [1.54, 1.807) is 0 Å². The first kappa shape index (κ1) is 14.3. The summed E-state index contributed by atoms with van der Waals surface area (Å²) < 4.78 is 0. The van der Waals surface area contributed by atoms with E-state index in [1.165, 1.54) is 12.1 Å². The summed E-state index contributed by atoms with van der Waals surface area (Å²) >= 11 is 0. The van der Waals surface area contributed by atoms with Gasteiger partial charge in [-0.25, -0.2) is 4.79 Å². The summed E-state index contributed by atoms with van der Waals surface area (Å²) in [5.41, 5.74) is 0.0751. The van der Waals surface area contributed by atoms with Crippen LogP contribution in [0.2, 0.25) is 0 Å². The molecular formula is C13H17N3O4. The molecule has 1 unspecified atom stereocenters. The first-order valence-corrected chi connectivity index (χ1v) is 6.45. The lowest BCUT2D eigenvalue weighted by atomic mass is 10.1. The molecule has 1 aromatic carbocycles. The van der Waals surface area contributed by atoms with Crippen molar-refractivity contribution in [1.82, 2.24) is 4.90 Å². The minimum atomic E-state index is -1.17. The van der Waals surface area contributed by atoms with Crippen molar-refractivity contribution < 1.29 is 14.8 Å². The second-order valence-corrected chi connectivity index (χ2v) is 4.95. The van der Waals surface area contributed by atoms with Gasteiger partial charge in [-0.1, -0.05) is 0 Å². The molecule has 1 saturated heterocycles. The van der Waals surface area contributed by atoms with Crippen molar-refractivity contribution in [2.24, 2.45) is 0 Å². The van der Waals surface area contributed by atoms with E-state index >= 15 is 0 Å². The maximum absolute atomic E-state index is 11.0. The summed E-state index contributed by atoms with van der Waals surface area (Å²) in [4.78, 5) is 23.5. The first-order valence-electron chi connectivity index (χ1n) is 6.45. The van der Waals surface area contributed by atoms with Gasteiger partial charge in [0.05, 0.1) is 10.5 Å². The Bertz CT molecular complexity index is 532. The molecule has 1 atom stereocenters. The Balaban J connectivity index is 2.14. The van der Waals surface area contributed by atoms with Crippen molar-refractivity contribution in [1.29, 1.82) is 0 Å². The molecule has 0 aliphatic carbocycles. The quantitative estimate of drug-likeness (QED) is 0.630. The summed E-state index contributed by atoms with van der Waals surface area (Å²) in [6, 6.07) is 4.27. The number of carboxylic acids is 1. The number of carbonyl (C=O) groups is 1. The van der Waals surface area contributed by atoms with Gasteiger partial charge in [0.1, 0.15) is 5.69 Å². The zero-order valence-corrected chi connectivity index (χ0v) is 11.2. The fraction of sp³-hybridized carbons (Fsp3) is 0.462. The van der Waals surface area contributed by atoms with E-state index in [0.717, 1.165) is 25.5 Å². The van der Waals surface area contributed by atoms with Gasteiger partial charge in [0, 0.05) is 18.7 Å². The third-order valence-electron chi connectivity index (χ3n) is 3.64. The number of hydrogen-bond donors (Lipinski definition) is 2. The number of nitrogens with one attached hydrogen (secondary N) is 1. The molecule has 0 bridgehead atoms. The van der Waals surface area contributed by atoms with E-state index in [9.17, 15) is 14.9 Å². The Morgan fingerprint density at radius 3 is 2.90 bits per heavy atom. The first-order chi connectivity index (χ1) is 9.49. The van der Waals surface area contributed by atoms with E-state index in [2.05, 4.69) is 10.2 Å². The molecule has 2 N–H and O–H groups in total. The predicted octanol–water partition coefficient (Wildman–Crippen LogP) is 1.80. The minimum Gasteiger partial charge on any atom is -0.478 e. The molecule has 108 valence electrons. The van der Waals surface area contributed by atoms with Crippen LogP contribution in [0.5, 0.6) is 0 Å². The Morgan fingerprint density at radius 2 is 2.35 bits per heavy atom. The van der Waals surface area contributed by atoms with Crippen molar-refractivity contribution >= 4 is 17.3 Å². The molecule has 1 heterocycles. The molecule has 0 spiro atoms. The number of rotatable bonds is 5. The van der Waals surface area contributed by atoms with Gasteiger partial charge in [-0.3, -0.25) is 10.1 Å². The van der Waals surface area contributed by atoms with Crippen molar-refractivity contribution in [3.8, 4) is 0 Å². The highest BCUT2D eigenvalue weighted by Gasteiger charge is 2.22. The average molecular weight is 279 g/mol. The number of likely N-dealkylation sites (tertiary alicyclic amines) is 1. The average Bonchev–Trinajstić information content (AvgIpc) is 2.81. The molecule has 20 heavy (non-hydrogen) atoms. The summed E-state index contributed by atoms with van der Waals surface area (Å²) in [7, 11) is 2.03. The number of carboxylic acid groups (broad SMARTS) is 1. The summed E-state index contributed by atoms with van der Waals surface area (Å²) in [5.74, 6) is -1.17. The second-order valence-electron chi connectivity index (χ2n) is 4.95. The van der Waals surface area contributed by atoms with Crippen molar-refractivity contribution in [3.05, 3.63) is 33.9 Å². The molecule has 2 rings (SSSR count). The molecule has 0 radical (unpaired) electrons. The Labute approximate surface area is 116 Å². The van der Waals surface area contributed by atoms with E-state index in [4.69, 9.17) is 5.11 Å². The number of aromatic carboxylic acids is 1.